The second kappa shape index (κ2) is 7.16. The summed E-state index contributed by atoms with van der Waals surface area (Å²) in [7, 11) is 1.98. The third-order valence-electron chi connectivity index (χ3n) is 3.87. The van der Waals surface area contributed by atoms with Gasteiger partial charge in [0.1, 0.15) is 24.2 Å². The average Bonchev–Trinajstić information content (AvgIpc) is 2.93. The van der Waals surface area contributed by atoms with E-state index in [4.69, 9.17) is 4.74 Å². The van der Waals surface area contributed by atoms with Gasteiger partial charge in [0.2, 0.25) is 0 Å². The van der Waals surface area contributed by atoms with Crippen molar-refractivity contribution in [3.63, 3.8) is 0 Å². The Morgan fingerprint density at radius 1 is 1.21 bits per heavy atom. The number of rotatable bonds is 6. The molecule has 0 aliphatic rings. The highest BCUT2D eigenvalue weighted by molar-refractivity contribution is 5.65. The summed E-state index contributed by atoms with van der Waals surface area (Å²) in [4.78, 5) is 2.10. The van der Waals surface area contributed by atoms with Gasteiger partial charge in [-0.05, 0) is 43.4 Å². The van der Waals surface area contributed by atoms with Gasteiger partial charge >= 0.3 is 0 Å². The van der Waals surface area contributed by atoms with E-state index < -0.39 is 0 Å². The molecular weight excluding hydrogens is 305 g/mol. The first-order valence-electron chi connectivity index (χ1n) is 7.73. The molecule has 3 aromatic rings. The monoisotopic (exact) mass is 323 g/mol. The summed E-state index contributed by atoms with van der Waals surface area (Å²) in [5.74, 6) is 0.376. The minimum absolute atomic E-state index is 0.274. The lowest BCUT2D eigenvalue weighted by Crippen LogP contribution is -2.24. The van der Waals surface area contributed by atoms with E-state index in [9.17, 15) is 9.65 Å². The van der Waals surface area contributed by atoms with Gasteiger partial charge in [-0.15, -0.1) is 0 Å². The molecule has 122 valence electrons. The second-order valence-electron chi connectivity index (χ2n) is 5.67. The molecule has 24 heavy (non-hydrogen) atoms. The van der Waals surface area contributed by atoms with E-state index in [0.717, 1.165) is 11.1 Å². The van der Waals surface area contributed by atoms with Crippen LogP contribution in [0, 0.1) is 17.1 Å². The van der Waals surface area contributed by atoms with Gasteiger partial charge < -0.3 is 9.14 Å². The zero-order valence-electron chi connectivity index (χ0n) is 13.4. The van der Waals surface area contributed by atoms with E-state index in [2.05, 4.69) is 11.0 Å². The van der Waals surface area contributed by atoms with E-state index in [0.29, 0.717) is 31.0 Å². The summed E-state index contributed by atoms with van der Waals surface area (Å²) in [6.45, 7) is 1.86. The molecule has 0 amide bonds. The van der Waals surface area contributed by atoms with E-state index in [1.807, 2.05) is 42.0 Å². The van der Waals surface area contributed by atoms with Crippen molar-refractivity contribution < 1.29 is 9.13 Å². The van der Waals surface area contributed by atoms with Crippen molar-refractivity contribution in [1.82, 2.24) is 9.30 Å². The molecule has 4 nitrogen and oxygen atoms in total. The molecule has 2 heterocycles. The van der Waals surface area contributed by atoms with E-state index in [1.165, 1.54) is 12.1 Å². The van der Waals surface area contributed by atoms with Crippen LogP contribution >= 0.6 is 0 Å². The summed E-state index contributed by atoms with van der Waals surface area (Å²) in [5.41, 5.74) is 2.63. The van der Waals surface area contributed by atoms with Crippen molar-refractivity contribution in [1.29, 1.82) is 5.26 Å². The molecule has 0 fully saturated rings. The standard InChI is InChI=1S/C19H18FN3O/c1-22(10-11-24-17-7-5-16(20)6-8-17)13-15-14-23-9-3-2-4-19(23)18(15)12-21/h2-9,14H,10-11,13H2,1H3. The van der Waals surface area contributed by atoms with Crippen molar-refractivity contribution in [2.24, 2.45) is 0 Å². The summed E-state index contributed by atoms with van der Waals surface area (Å²) in [6.07, 6.45) is 3.93. The lowest BCUT2D eigenvalue weighted by Gasteiger charge is -2.16. The van der Waals surface area contributed by atoms with Crippen LogP contribution < -0.4 is 4.74 Å². The number of nitriles is 1. The third-order valence-corrected chi connectivity index (χ3v) is 3.87. The fourth-order valence-electron chi connectivity index (χ4n) is 2.65. The van der Waals surface area contributed by atoms with Crippen LogP contribution in [-0.2, 0) is 6.54 Å². The number of pyridine rings is 1. The first kappa shape index (κ1) is 16.0. The van der Waals surface area contributed by atoms with Gasteiger partial charge in [-0.3, -0.25) is 4.90 Å². The molecule has 0 spiro atoms. The first-order chi connectivity index (χ1) is 11.7. The first-order valence-corrected chi connectivity index (χ1v) is 7.73. The number of likely N-dealkylation sites (N-methyl/N-ethyl adjacent to an activating group) is 1. The van der Waals surface area contributed by atoms with Crippen LogP contribution in [0.4, 0.5) is 4.39 Å². The van der Waals surface area contributed by atoms with Gasteiger partial charge in [0.15, 0.2) is 0 Å². The highest BCUT2D eigenvalue weighted by Crippen LogP contribution is 2.19. The van der Waals surface area contributed by atoms with Crippen molar-refractivity contribution in [3.05, 3.63) is 71.8 Å². The highest BCUT2D eigenvalue weighted by Gasteiger charge is 2.11. The zero-order valence-corrected chi connectivity index (χ0v) is 13.4. The van der Waals surface area contributed by atoms with Crippen LogP contribution in [0.15, 0.2) is 54.9 Å². The van der Waals surface area contributed by atoms with E-state index >= 15 is 0 Å². The van der Waals surface area contributed by atoms with Crippen LogP contribution in [0.1, 0.15) is 11.1 Å². The van der Waals surface area contributed by atoms with Crippen molar-refractivity contribution in [2.45, 2.75) is 6.54 Å². The van der Waals surface area contributed by atoms with Crippen molar-refractivity contribution in [2.75, 3.05) is 20.2 Å². The summed E-state index contributed by atoms with van der Waals surface area (Å²) >= 11 is 0. The van der Waals surface area contributed by atoms with Gasteiger partial charge in [0, 0.05) is 31.0 Å². The van der Waals surface area contributed by atoms with Gasteiger partial charge in [-0.2, -0.15) is 5.26 Å². The van der Waals surface area contributed by atoms with Gasteiger partial charge in [-0.25, -0.2) is 4.39 Å². The Bertz CT molecular complexity index is 864. The fraction of sp³-hybridized carbons (Fsp3) is 0.211. The number of hydrogen-bond acceptors (Lipinski definition) is 3. The Labute approximate surface area is 140 Å². The number of benzene rings is 1. The molecule has 0 aliphatic heterocycles. The Morgan fingerprint density at radius 2 is 2.00 bits per heavy atom. The predicted molar refractivity (Wildman–Crippen MR) is 90.3 cm³/mol. The topological polar surface area (TPSA) is 40.7 Å². The molecule has 0 N–H and O–H groups in total. The van der Waals surface area contributed by atoms with Crippen LogP contribution in [0.2, 0.25) is 0 Å². The molecule has 3 rings (SSSR count). The van der Waals surface area contributed by atoms with Crippen LogP contribution in [-0.4, -0.2) is 29.5 Å². The van der Waals surface area contributed by atoms with Gasteiger partial charge in [0.25, 0.3) is 0 Å². The molecule has 1 aromatic carbocycles. The molecule has 0 saturated carbocycles. The predicted octanol–water partition coefficient (Wildman–Crippen LogP) is 3.46. The minimum Gasteiger partial charge on any atom is -0.492 e. The number of ether oxygens (including phenoxy) is 1. The summed E-state index contributed by atoms with van der Waals surface area (Å²) in [5, 5.41) is 9.43. The van der Waals surface area contributed by atoms with Crippen LogP contribution in [0.3, 0.4) is 0 Å². The SMILES string of the molecule is CN(CCOc1ccc(F)cc1)Cc1cn2ccccc2c1C#N. The number of aromatic nitrogens is 1. The summed E-state index contributed by atoms with van der Waals surface area (Å²) < 4.78 is 20.4. The smallest absolute Gasteiger partial charge is 0.123 e. The Balaban J connectivity index is 1.60. The maximum absolute atomic E-state index is 12.8. The summed E-state index contributed by atoms with van der Waals surface area (Å²) in [6, 6.07) is 14.1. The molecule has 0 atom stereocenters. The quantitative estimate of drug-likeness (QED) is 0.697. The normalized spacial score (nSPS) is 10.9. The van der Waals surface area contributed by atoms with Gasteiger partial charge in [-0.1, -0.05) is 6.07 Å². The lowest BCUT2D eigenvalue weighted by molar-refractivity contribution is 0.232. The number of nitrogens with zero attached hydrogens (tertiary/aromatic N) is 3. The fourth-order valence-corrected chi connectivity index (χ4v) is 2.65. The number of halogens is 1. The van der Waals surface area contributed by atoms with Gasteiger partial charge in [0.05, 0.1) is 11.1 Å². The van der Waals surface area contributed by atoms with Crippen LogP contribution in [0.5, 0.6) is 5.75 Å². The Hall–Kier alpha value is -2.84. The molecule has 0 radical (unpaired) electrons. The molecule has 0 aliphatic carbocycles. The average molecular weight is 323 g/mol. The molecule has 0 unspecified atom stereocenters. The zero-order chi connectivity index (χ0) is 16.9. The maximum atomic E-state index is 12.8. The Morgan fingerprint density at radius 3 is 2.75 bits per heavy atom. The second-order valence-corrected chi connectivity index (χ2v) is 5.67. The van der Waals surface area contributed by atoms with E-state index in [1.54, 1.807) is 12.1 Å². The van der Waals surface area contributed by atoms with Crippen LogP contribution in [0.25, 0.3) is 5.52 Å². The largest absolute Gasteiger partial charge is 0.492 e. The molecular formula is C19H18FN3O. The maximum Gasteiger partial charge on any atom is 0.123 e. The number of hydrogen-bond donors (Lipinski definition) is 0. The minimum atomic E-state index is -0.274. The van der Waals surface area contributed by atoms with Crippen molar-refractivity contribution >= 4 is 5.52 Å². The third kappa shape index (κ3) is 3.55. The number of fused-ring (bicyclic) bond motifs is 1. The lowest BCUT2D eigenvalue weighted by atomic mass is 10.1. The molecule has 2 aromatic heterocycles. The van der Waals surface area contributed by atoms with E-state index in [-0.39, 0.29) is 5.82 Å². The molecule has 5 heteroatoms. The molecule has 0 saturated heterocycles. The highest BCUT2D eigenvalue weighted by atomic mass is 19.1. The Kier molecular flexibility index (Phi) is 4.78. The molecule has 0 bridgehead atoms. The van der Waals surface area contributed by atoms with Crippen molar-refractivity contribution in [3.8, 4) is 11.8 Å².